The first-order valence-corrected chi connectivity index (χ1v) is 12.0. The molecule has 2 amide bonds. The van der Waals surface area contributed by atoms with Crippen LogP contribution in [-0.2, 0) is 28.9 Å². The molecule has 1 aliphatic heterocycles. The third-order valence-electron chi connectivity index (χ3n) is 5.77. The van der Waals surface area contributed by atoms with E-state index < -0.39 is 6.29 Å². The van der Waals surface area contributed by atoms with Crippen LogP contribution in [0.1, 0.15) is 70.1 Å². The van der Waals surface area contributed by atoms with E-state index in [4.69, 9.17) is 14.6 Å². The lowest BCUT2D eigenvalue weighted by atomic mass is 10.0. The van der Waals surface area contributed by atoms with Crippen LogP contribution in [0.25, 0.3) is 0 Å². The molecule has 0 saturated carbocycles. The molecule has 0 bridgehead atoms. The van der Waals surface area contributed by atoms with Crippen molar-refractivity contribution in [2.45, 2.75) is 51.9 Å². The molecule has 9 nitrogen and oxygen atoms in total. The first kappa shape index (κ1) is 25.9. The summed E-state index contributed by atoms with van der Waals surface area (Å²) in [5.41, 5.74) is 3.54. The van der Waals surface area contributed by atoms with Gasteiger partial charge in [0.2, 0.25) is 0 Å². The Hall–Kier alpha value is -2.75. The predicted octanol–water partition coefficient (Wildman–Crippen LogP) is 2.33. The molecule has 0 fully saturated rings. The molecule has 1 atom stereocenters. The molecule has 34 heavy (non-hydrogen) atoms. The minimum Gasteiger partial charge on any atom is -0.381 e. The third kappa shape index (κ3) is 6.65. The lowest BCUT2D eigenvalue weighted by Crippen LogP contribution is -2.28. The van der Waals surface area contributed by atoms with Gasteiger partial charge in [0.05, 0.1) is 12.3 Å². The van der Waals surface area contributed by atoms with Crippen molar-refractivity contribution in [1.82, 2.24) is 20.0 Å². The number of aryl methyl sites for hydroxylation is 2. The van der Waals surface area contributed by atoms with Crippen molar-refractivity contribution in [3.63, 3.8) is 0 Å². The number of aromatic nitrogens is 2. The van der Waals surface area contributed by atoms with Crippen LogP contribution < -0.4 is 5.32 Å². The molecule has 1 aromatic heterocycles. The molecule has 1 aliphatic rings. The van der Waals surface area contributed by atoms with Gasteiger partial charge in [0.15, 0.2) is 6.29 Å². The van der Waals surface area contributed by atoms with Crippen LogP contribution in [-0.4, -0.2) is 72.1 Å². The fraction of sp³-hybridized carbons (Fsp3) is 0.560. The standard InChI is InChI=1S/C25H36N4O5/c1-4-29-22-20(11-6-14-33-15-8-13-26-23(22)30)21(27-29)12-7-16-34-25(32)19-10-5-9-18(17-19)24(31)28(2)3/h5,9-10,17,25,32H,4,6-8,11-16H2,1-3H3,(H,26,30). The number of aliphatic hydroxyl groups excluding tert-OH is 1. The van der Waals surface area contributed by atoms with E-state index in [1.165, 1.54) is 4.90 Å². The molecule has 1 unspecified atom stereocenters. The Kier molecular flexibility index (Phi) is 9.62. The zero-order chi connectivity index (χ0) is 24.5. The second-order valence-electron chi connectivity index (χ2n) is 8.57. The van der Waals surface area contributed by atoms with Crippen molar-refractivity contribution in [3.05, 3.63) is 52.3 Å². The zero-order valence-corrected chi connectivity index (χ0v) is 20.4. The van der Waals surface area contributed by atoms with Crippen LogP contribution >= 0.6 is 0 Å². The van der Waals surface area contributed by atoms with Crippen molar-refractivity contribution in [2.75, 3.05) is 40.5 Å². The maximum absolute atomic E-state index is 12.8. The number of fused-ring (bicyclic) bond motifs is 1. The summed E-state index contributed by atoms with van der Waals surface area (Å²) in [6.45, 7) is 4.80. The highest BCUT2D eigenvalue weighted by Crippen LogP contribution is 2.21. The van der Waals surface area contributed by atoms with Gasteiger partial charge < -0.3 is 24.8 Å². The van der Waals surface area contributed by atoms with Crippen LogP contribution in [0, 0.1) is 0 Å². The van der Waals surface area contributed by atoms with Gasteiger partial charge in [-0.25, -0.2) is 0 Å². The van der Waals surface area contributed by atoms with E-state index in [-0.39, 0.29) is 11.8 Å². The number of nitrogens with zero attached hydrogens (tertiary/aromatic N) is 3. The van der Waals surface area contributed by atoms with Crippen LogP contribution in [0.5, 0.6) is 0 Å². The number of aliphatic hydroxyl groups is 1. The van der Waals surface area contributed by atoms with Gasteiger partial charge in [0.1, 0.15) is 5.69 Å². The molecule has 2 N–H and O–H groups in total. The van der Waals surface area contributed by atoms with Gasteiger partial charge in [-0.1, -0.05) is 12.1 Å². The van der Waals surface area contributed by atoms with E-state index in [2.05, 4.69) is 5.32 Å². The Labute approximate surface area is 201 Å². The molecule has 0 saturated heterocycles. The van der Waals surface area contributed by atoms with Gasteiger partial charge in [0, 0.05) is 57.1 Å². The molecule has 2 aromatic rings. The molecule has 2 heterocycles. The number of hydrogen-bond donors (Lipinski definition) is 2. The van der Waals surface area contributed by atoms with E-state index in [1.807, 2.05) is 6.92 Å². The molecule has 1 aromatic carbocycles. The Morgan fingerprint density at radius 1 is 1.32 bits per heavy atom. The van der Waals surface area contributed by atoms with E-state index in [0.717, 1.165) is 30.5 Å². The smallest absolute Gasteiger partial charge is 0.269 e. The number of hydrogen-bond acceptors (Lipinski definition) is 6. The number of carbonyl (C=O) groups excluding carboxylic acids is 2. The van der Waals surface area contributed by atoms with Crippen molar-refractivity contribution >= 4 is 11.8 Å². The number of ether oxygens (including phenoxy) is 2. The Morgan fingerprint density at radius 3 is 2.88 bits per heavy atom. The fourth-order valence-electron chi connectivity index (χ4n) is 4.02. The maximum Gasteiger partial charge on any atom is 0.269 e. The predicted molar refractivity (Wildman–Crippen MR) is 128 cm³/mol. The zero-order valence-electron chi connectivity index (χ0n) is 20.4. The largest absolute Gasteiger partial charge is 0.381 e. The second kappa shape index (κ2) is 12.6. The minimum absolute atomic E-state index is 0.0867. The van der Waals surface area contributed by atoms with Crippen molar-refractivity contribution < 1.29 is 24.2 Å². The number of amides is 2. The van der Waals surface area contributed by atoms with Gasteiger partial charge in [-0.05, 0) is 51.2 Å². The highest BCUT2D eigenvalue weighted by molar-refractivity contribution is 5.94. The van der Waals surface area contributed by atoms with Gasteiger partial charge >= 0.3 is 0 Å². The molecule has 3 rings (SSSR count). The minimum atomic E-state index is -1.12. The van der Waals surface area contributed by atoms with Crippen LogP contribution in [0.2, 0.25) is 0 Å². The summed E-state index contributed by atoms with van der Waals surface area (Å²) in [5.74, 6) is -0.218. The molecular formula is C25H36N4O5. The van der Waals surface area contributed by atoms with Crippen molar-refractivity contribution in [2.24, 2.45) is 0 Å². The van der Waals surface area contributed by atoms with Gasteiger partial charge in [-0.3, -0.25) is 14.3 Å². The molecule has 0 radical (unpaired) electrons. The summed E-state index contributed by atoms with van der Waals surface area (Å²) >= 11 is 0. The maximum atomic E-state index is 12.8. The topological polar surface area (TPSA) is 106 Å². The summed E-state index contributed by atoms with van der Waals surface area (Å²) in [5, 5.41) is 18.1. The van der Waals surface area contributed by atoms with Crippen LogP contribution in [0.15, 0.2) is 24.3 Å². The average Bonchev–Trinajstić information content (AvgIpc) is 3.18. The molecular weight excluding hydrogens is 436 g/mol. The summed E-state index contributed by atoms with van der Waals surface area (Å²) < 4.78 is 13.1. The average molecular weight is 473 g/mol. The van der Waals surface area contributed by atoms with E-state index in [1.54, 1.807) is 43.0 Å². The van der Waals surface area contributed by atoms with Crippen molar-refractivity contribution in [1.29, 1.82) is 0 Å². The fourth-order valence-corrected chi connectivity index (χ4v) is 4.02. The molecule has 186 valence electrons. The molecule has 0 aliphatic carbocycles. The van der Waals surface area contributed by atoms with Crippen molar-refractivity contribution in [3.8, 4) is 0 Å². The lowest BCUT2D eigenvalue weighted by molar-refractivity contribution is -0.103. The summed E-state index contributed by atoms with van der Waals surface area (Å²) in [6.07, 6.45) is 2.50. The number of carbonyl (C=O) groups is 2. The number of nitrogens with one attached hydrogen (secondary N) is 1. The first-order chi connectivity index (χ1) is 16.4. The molecule has 0 spiro atoms. The van der Waals surface area contributed by atoms with E-state index in [0.29, 0.717) is 62.6 Å². The van der Waals surface area contributed by atoms with E-state index in [9.17, 15) is 14.7 Å². The highest BCUT2D eigenvalue weighted by Gasteiger charge is 2.23. The van der Waals surface area contributed by atoms with E-state index >= 15 is 0 Å². The summed E-state index contributed by atoms with van der Waals surface area (Å²) in [7, 11) is 3.37. The van der Waals surface area contributed by atoms with Gasteiger partial charge in [0.25, 0.3) is 11.8 Å². The normalized spacial score (nSPS) is 15.7. The molecule has 9 heteroatoms. The summed E-state index contributed by atoms with van der Waals surface area (Å²) in [6, 6.07) is 6.82. The third-order valence-corrected chi connectivity index (χ3v) is 5.77. The highest BCUT2D eigenvalue weighted by atomic mass is 16.6. The second-order valence-corrected chi connectivity index (χ2v) is 8.57. The Balaban J connectivity index is 1.63. The van der Waals surface area contributed by atoms with Crippen LogP contribution in [0.3, 0.4) is 0 Å². The number of rotatable bonds is 8. The summed E-state index contributed by atoms with van der Waals surface area (Å²) in [4.78, 5) is 26.5. The monoisotopic (exact) mass is 472 g/mol. The first-order valence-electron chi connectivity index (χ1n) is 12.0. The lowest BCUT2D eigenvalue weighted by Gasteiger charge is -2.15. The Bertz CT molecular complexity index is 972. The van der Waals surface area contributed by atoms with Gasteiger partial charge in [-0.15, -0.1) is 0 Å². The Morgan fingerprint density at radius 2 is 2.12 bits per heavy atom. The quantitative estimate of drug-likeness (QED) is 0.451. The SMILES string of the molecule is CCn1nc(CCCOC(O)c2cccc(C(=O)N(C)C)c2)c2c1C(=O)NCCCOCCC2. The van der Waals surface area contributed by atoms with Gasteiger partial charge in [-0.2, -0.15) is 5.10 Å². The number of benzene rings is 1. The van der Waals surface area contributed by atoms with Crippen LogP contribution in [0.4, 0.5) is 0 Å².